The van der Waals surface area contributed by atoms with Gasteiger partial charge < -0.3 is 24.7 Å². The van der Waals surface area contributed by atoms with Crippen LogP contribution in [0, 0.1) is 0 Å². The van der Waals surface area contributed by atoms with Gasteiger partial charge >= 0.3 is 11.7 Å². The molecule has 0 spiro atoms. The number of nitrogens with zero attached hydrogens (tertiary/aromatic N) is 1. The molecule has 1 aromatic rings. The van der Waals surface area contributed by atoms with E-state index in [1.54, 1.807) is 4.90 Å². The first kappa shape index (κ1) is 14.3. The third kappa shape index (κ3) is 3.70. The molecule has 1 aliphatic rings. The first-order valence-electron chi connectivity index (χ1n) is 6.46. The minimum Gasteiger partial charge on any atom is -0.481 e. The normalized spacial score (nSPS) is 16.3. The molecule has 0 bridgehead atoms. The minimum atomic E-state index is -0.881. The predicted molar refractivity (Wildman–Crippen MR) is 68.5 cm³/mol. The number of carbonyl (C=O) groups excluding carboxylic acids is 1. The molecule has 8 heteroatoms. The Balaban J connectivity index is 1.78. The van der Waals surface area contributed by atoms with Crippen molar-refractivity contribution in [1.82, 2.24) is 14.9 Å². The molecule has 1 aromatic heterocycles. The van der Waals surface area contributed by atoms with E-state index in [1.165, 1.54) is 6.20 Å². The number of nitrogens with one attached hydrogen (secondary N) is 2. The Bertz CT molecular complexity index is 527. The summed E-state index contributed by atoms with van der Waals surface area (Å²) >= 11 is 0. The van der Waals surface area contributed by atoms with Gasteiger partial charge in [0.15, 0.2) is 0 Å². The fourth-order valence-electron chi connectivity index (χ4n) is 2.16. The number of aliphatic carboxylic acids is 1. The van der Waals surface area contributed by atoms with Crippen LogP contribution in [0.25, 0.3) is 0 Å². The monoisotopic (exact) mass is 283 g/mol. The Morgan fingerprint density at radius 2 is 2.10 bits per heavy atom. The Hall–Kier alpha value is -2.09. The molecule has 3 N–H and O–H groups in total. The molecular weight excluding hydrogens is 266 g/mol. The Kier molecular flexibility index (Phi) is 4.57. The molecule has 1 aliphatic heterocycles. The third-order valence-electron chi connectivity index (χ3n) is 3.22. The van der Waals surface area contributed by atoms with Crippen molar-refractivity contribution in [3.05, 3.63) is 22.4 Å². The van der Waals surface area contributed by atoms with Gasteiger partial charge in [0, 0.05) is 19.3 Å². The minimum absolute atomic E-state index is 0.0102. The highest BCUT2D eigenvalue weighted by atomic mass is 16.5. The van der Waals surface area contributed by atoms with Gasteiger partial charge in [-0.3, -0.25) is 9.59 Å². The van der Waals surface area contributed by atoms with Gasteiger partial charge in [-0.25, -0.2) is 4.79 Å². The van der Waals surface area contributed by atoms with Crippen LogP contribution >= 0.6 is 0 Å². The molecule has 2 rings (SSSR count). The van der Waals surface area contributed by atoms with Crippen LogP contribution in [0.3, 0.4) is 0 Å². The maximum Gasteiger partial charge on any atom is 0.323 e. The second-order valence-corrected chi connectivity index (χ2v) is 4.66. The van der Waals surface area contributed by atoms with Gasteiger partial charge in [0.2, 0.25) is 0 Å². The van der Waals surface area contributed by atoms with Crippen LogP contribution in [-0.4, -0.2) is 57.7 Å². The number of hydrogen-bond donors (Lipinski definition) is 3. The van der Waals surface area contributed by atoms with E-state index in [9.17, 15) is 14.4 Å². The van der Waals surface area contributed by atoms with E-state index in [-0.39, 0.29) is 30.7 Å². The van der Waals surface area contributed by atoms with Gasteiger partial charge in [-0.05, 0) is 12.8 Å². The average Bonchev–Trinajstić information content (AvgIpc) is 2.85. The lowest BCUT2D eigenvalue weighted by molar-refractivity contribution is -0.138. The number of rotatable bonds is 5. The Labute approximate surface area is 114 Å². The van der Waals surface area contributed by atoms with E-state index in [1.807, 2.05) is 0 Å². The number of hydrogen-bond acceptors (Lipinski definition) is 4. The number of carboxylic acids is 1. The van der Waals surface area contributed by atoms with Gasteiger partial charge in [0.1, 0.15) is 5.69 Å². The standard InChI is InChI=1S/C12H17N3O5/c16-10(17)3-6-20-8-1-4-15(5-2-8)11(18)9-7-13-12(19)14-9/h7-8H,1-6H2,(H,16,17)(H2,13,14,19). The summed E-state index contributed by atoms with van der Waals surface area (Å²) in [6.45, 7) is 1.26. The van der Waals surface area contributed by atoms with Crippen molar-refractivity contribution in [2.75, 3.05) is 19.7 Å². The number of carboxylic acid groups (broad SMARTS) is 1. The van der Waals surface area contributed by atoms with Crippen molar-refractivity contribution in [1.29, 1.82) is 0 Å². The SMILES string of the molecule is O=C(O)CCOC1CCN(C(=O)c2c[nH]c(=O)[nH]2)CC1. The molecule has 0 aliphatic carbocycles. The van der Waals surface area contributed by atoms with Crippen molar-refractivity contribution in [3.63, 3.8) is 0 Å². The van der Waals surface area contributed by atoms with E-state index in [0.717, 1.165) is 0 Å². The third-order valence-corrected chi connectivity index (χ3v) is 3.22. The summed E-state index contributed by atoms with van der Waals surface area (Å²) < 4.78 is 5.45. The zero-order valence-electron chi connectivity index (χ0n) is 10.9. The van der Waals surface area contributed by atoms with Gasteiger partial charge in [-0.15, -0.1) is 0 Å². The number of H-pyrrole nitrogens is 2. The number of imidazole rings is 1. The van der Waals surface area contributed by atoms with E-state index in [4.69, 9.17) is 9.84 Å². The number of ether oxygens (including phenoxy) is 1. The first-order chi connectivity index (χ1) is 9.56. The van der Waals surface area contributed by atoms with E-state index in [2.05, 4.69) is 9.97 Å². The summed E-state index contributed by atoms with van der Waals surface area (Å²) in [5, 5.41) is 8.52. The van der Waals surface area contributed by atoms with Crippen LogP contribution < -0.4 is 5.69 Å². The summed E-state index contributed by atoms with van der Waals surface area (Å²) in [7, 11) is 0. The Morgan fingerprint density at radius 1 is 1.40 bits per heavy atom. The Morgan fingerprint density at radius 3 is 2.65 bits per heavy atom. The quantitative estimate of drug-likeness (QED) is 0.692. The lowest BCUT2D eigenvalue weighted by atomic mass is 10.1. The fraction of sp³-hybridized carbons (Fsp3) is 0.583. The highest BCUT2D eigenvalue weighted by Gasteiger charge is 2.24. The highest BCUT2D eigenvalue weighted by Crippen LogP contribution is 2.15. The summed E-state index contributed by atoms with van der Waals surface area (Å²) in [5.41, 5.74) is -0.152. The van der Waals surface area contributed by atoms with Crippen LogP contribution in [0.4, 0.5) is 0 Å². The number of aromatic nitrogens is 2. The molecule has 0 radical (unpaired) electrons. The number of amides is 1. The van der Waals surface area contributed by atoms with Crippen LogP contribution in [0.15, 0.2) is 11.0 Å². The van der Waals surface area contributed by atoms with Crippen molar-refractivity contribution >= 4 is 11.9 Å². The molecule has 1 saturated heterocycles. The zero-order valence-corrected chi connectivity index (χ0v) is 10.9. The van der Waals surface area contributed by atoms with Crippen molar-refractivity contribution in [2.24, 2.45) is 0 Å². The summed E-state index contributed by atoms with van der Waals surface area (Å²) in [5.74, 6) is -1.10. The lowest BCUT2D eigenvalue weighted by Gasteiger charge is -2.31. The molecule has 1 amide bonds. The largest absolute Gasteiger partial charge is 0.481 e. The molecule has 2 heterocycles. The lowest BCUT2D eigenvalue weighted by Crippen LogP contribution is -2.41. The van der Waals surface area contributed by atoms with Gasteiger partial charge in [0.05, 0.1) is 19.1 Å². The average molecular weight is 283 g/mol. The maximum atomic E-state index is 12.0. The van der Waals surface area contributed by atoms with Crippen LogP contribution in [0.5, 0.6) is 0 Å². The van der Waals surface area contributed by atoms with Gasteiger partial charge in [0.25, 0.3) is 5.91 Å². The van der Waals surface area contributed by atoms with E-state index < -0.39 is 11.7 Å². The number of likely N-dealkylation sites (tertiary alicyclic amines) is 1. The second-order valence-electron chi connectivity index (χ2n) is 4.66. The molecule has 0 atom stereocenters. The summed E-state index contributed by atoms with van der Waals surface area (Å²) in [4.78, 5) is 39.8. The first-order valence-corrected chi connectivity index (χ1v) is 6.46. The van der Waals surface area contributed by atoms with E-state index >= 15 is 0 Å². The number of piperidine rings is 1. The van der Waals surface area contributed by atoms with Gasteiger partial charge in [-0.2, -0.15) is 0 Å². The summed E-state index contributed by atoms with van der Waals surface area (Å²) in [6, 6.07) is 0. The molecular formula is C12H17N3O5. The van der Waals surface area contributed by atoms with Gasteiger partial charge in [-0.1, -0.05) is 0 Å². The fourth-order valence-corrected chi connectivity index (χ4v) is 2.16. The molecule has 0 aromatic carbocycles. The van der Waals surface area contributed by atoms with Crippen LogP contribution in [0.1, 0.15) is 29.8 Å². The molecule has 0 unspecified atom stereocenters. The van der Waals surface area contributed by atoms with Crippen molar-refractivity contribution in [3.8, 4) is 0 Å². The summed E-state index contributed by atoms with van der Waals surface area (Å²) in [6.07, 6.45) is 2.67. The van der Waals surface area contributed by atoms with Crippen LogP contribution in [0.2, 0.25) is 0 Å². The smallest absolute Gasteiger partial charge is 0.323 e. The highest BCUT2D eigenvalue weighted by molar-refractivity contribution is 5.92. The molecule has 110 valence electrons. The van der Waals surface area contributed by atoms with Crippen molar-refractivity contribution in [2.45, 2.75) is 25.4 Å². The maximum absolute atomic E-state index is 12.0. The number of aromatic amines is 2. The molecule has 8 nitrogen and oxygen atoms in total. The topological polar surface area (TPSA) is 115 Å². The zero-order chi connectivity index (χ0) is 14.5. The second kappa shape index (κ2) is 6.38. The van der Waals surface area contributed by atoms with E-state index in [0.29, 0.717) is 25.9 Å². The van der Waals surface area contributed by atoms with Crippen LogP contribution in [-0.2, 0) is 9.53 Å². The number of carbonyl (C=O) groups is 2. The molecule has 1 fully saturated rings. The predicted octanol–water partition coefficient (Wildman–Crippen LogP) is -0.201. The molecule has 20 heavy (non-hydrogen) atoms. The van der Waals surface area contributed by atoms with Crippen molar-refractivity contribution < 1.29 is 19.4 Å². The molecule has 0 saturated carbocycles.